The Morgan fingerprint density at radius 2 is 1.45 bits per heavy atom. The third-order valence-corrected chi connectivity index (χ3v) is 2.86. The maximum absolute atomic E-state index is 12.0. The highest BCUT2D eigenvalue weighted by molar-refractivity contribution is 6.34. The first-order chi connectivity index (χ1) is 9.56. The molecular formula is C14H12ClN3O2. The van der Waals surface area contributed by atoms with Crippen LogP contribution in [0.25, 0.3) is 0 Å². The van der Waals surface area contributed by atoms with Crippen LogP contribution >= 0.6 is 11.6 Å². The zero-order valence-electron chi connectivity index (χ0n) is 10.4. The number of nitrogens with two attached hydrogens (primary N) is 1. The molecule has 0 aliphatic carbocycles. The van der Waals surface area contributed by atoms with Crippen molar-refractivity contribution >= 4 is 34.9 Å². The van der Waals surface area contributed by atoms with Gasteiger partial charge >= 0.3 is 6.03 Å². The highest BCUT2D eigenvalue weighted by Crippen LogP contribution is 2.18. The number of primary amides is 1. The lowest BCUT2D eigenvalue weighted by Crippen LogP contribution is -2.19. The number of halogens is 1. The minimum absolute atomic E-state index is 0.300. The van der Waals surface area contributed by atoms with Crippen molar-refractivity contribution in [3.63, 3.8) is 0 Å². The van der Waals surface area contributed by atoms with Crippen molar-refractivity contribution < 1.29 is 9.59 Å². The van der Waals surface area contributed by atoms with Crippen LogP contribution in [0.1, 0.15) is 10.4 Å². The SMILES string of the molecule is NC(=O)Nc1ccc(NC(=O)c2ccccc2Cl)cc1. The van der Waals surface area contributed by atoms with Gasteiger partial charge in [0, 0.05) is 11.4 Å². The van der Waals surface area contributed by atoms with Gasteiger partial charge in [-0.1, -0.05) is 23.7 Å². The lowest BCUT2D eigenvalue weighted by molar-refractivity contribution is 0.102. The molecule has 0 radical (unpaired) electrons. The first-order valence-corrected chi connectivity index (χ1v) is 6.16. The second kappa shape index (κ2) is 6.08. The largest absolute Gasteiger partial charge is 0.351 e. The summed E-state index contributed by atoms with van der Waals surface area (Å²) in [6, 6.07) is 12.7. The molecule has 0 aliphatic heterocycles. The van der Waals surface area contributed by atoms with E-state index >= 15 is 0 Å². The van der Waals surface area contributed by atoms with Gasteiger partial charge in [-0.25, -0.2) is 4.79 Å². The number of amides is 3. The van der Waals surface area contributed by atoms with Gasteiger partial charge in [0.25, 0.3) is 5.91 Å². The van der Waals surface area contributed by atoms with Gasteiger partial charge in [0.05, 0.1) is 10.6 Å². The van der Waals surface area contributed by atoms with E-state index in [-0.39, 0.29) is 5.91 Å². The van der Waals surface area contributed by atoms with E-state index in [2.05, 4.69) is 10.6 Å². The van der Waals surface area contributed by atoms with E-state index in [9.17, 15) is 9.59 Å². The van der Waals surface area contributed by atoms with Gasteiger partial charge in [-0.05, 0) is 36.4 Å². The van der Waals surface area contributed by atoms with Crippen molar-refractivity contribution in [3.05, 3.63) is 59.1 Å². The predicted octanol–water partition coefficient (Wildman–Crippen LogP) is 3.08. The van der Waals surface area contributed by atoms with E-state index in [0.717, 1.165) is 0 Å². The van der Waals surface area contributed by atoms with E-state index in [1.807, 2.05) is 0 Å². The fourth-order valence-corrected chi connectivity index (χ4v) is 1.84. The van der Waals surface area contributed by atoms with Crippen molar-refractivity contribution in [2.45, 2.75) is 0 Å². The highest BCUT2D eigenvalue weighted by Gasteiger charge is 2.09. The average Bonchev–Trinajstić information content (AvgIpc) is 2.41. The standard InChI is InChI=1S/C14H12ClN3O2/c15-12-4-2-1-3-11(12)13(19)17-9-5-7-10(8-6-9)18-14(16)20/h1-8H,(H,17,19)(H3,16,18,20). The van der Waals surface area contributed by atoms with Crippen molar-refractivity contribution in [1.82, 2.24) is 0 Å². The number of hydrogen-bond donors (Lipinski definition) is 3. The Balaban J connectivity index is 2.09. The Kier molecular flexibility index (Phi) is 4.22. The lowest BCUT2D eigenvalue weighted by Gasteiger charge is -2.07. The molecule has 2 aromatic carbocycles. The number of carbonyl (C=O) groups is 2. The minimum atomic E-state index is -0.641. The minimum Gasteiger partial charge on any atom is -0.351 e. The van der Waals surface area contributed by atoms with Crippen LogP contribution in [0.3, 0.4) is 0 Å². The highest BCUT2D eigenvalue weighted by atomic mass is 35.5. The number of nitrogens with one attached hydrogen (secondary N) is 2. The van der Waals surface area contributed by atoms with E-state index in [0.29, 0.717) is 22.0 Å². The molecule has 0 aliphatic rings. The van der Waals surface area contributed by atoms with E-state index in [1.54, 1.807) is 48.5 Å². The molecule has 0 atom stereocenters. The first-order valence-electron chi connectivity index (χ1n) is 5.78. The smallest absolute Gasteiger partial charge is 0.316 e. The summed E-state index contributed by atoms with van der Waals surface area (Å²) in [5.41, 5.74) is 6.54. The zero-order valence-corrected chi connectivity index (χ0v) is 11.1. The molecule has 0 aromatic heterocycles. The predicted molar refractivity (Wildman–Crippen MR) is 79.1 cm³/mol. The van der Waals surface area contributed by atoms with Crippen LogP contribution in [0.5, 0.6) is 0 Å². The van der Waals surface area contributed by atoms with Gasteiger partial charge in [-0.15, -0.1) is 0 Å². The number of rotatable bonds is 3. The molecule has 3 amide bonds. The molecule has 0 fully saturated rings. The Morgan fingerprint density at radius 1 is 0.900 bits per heavy atom. The van der Waals surface area contributed by atoms with Crippen LogP contribution in [0.15, 0.2) is 48.5 Å². The van der Waals surface area contributed by atoms with Gasteiger partial charge in [-0.3, -0.25) is 4.79 Å². The molecule has 20 heavy (non-hydrogen) atoms. The van der Waals surface area contributed by atoms with Crippen molar-refractivity contribution in [2.24, 2.45) is 5.73 Å². The van der Waals surface area contributed by atoms with E-state index in [1.165, 1.54) is 0 Å². The molecule has 0 heterocycles. The molecule has 6 heteroatoms. The summed E-state index contributed by atoms with van der Waals surface area (Å²) in [7, 11) is 0. The molecule has 0 saturated heterocycles. The maximum Gasteiger partial charge on any atom is 0.316 e. The summed E-state index contributed by atoms with van der Waals surface area (Å²) in [6.45, 7) is 0. The monoisotopic (exact) mass is 289 g/mol. The average molecular weight is 290 g/mol. The normalized spacial score (nSPS) is 9.85. The number of anilines is 2. The summed E-state index contributed by atoms with van der Waals surface area (Å²) in [5.74, 6) is -0.300. The van der Waals surface area contributed by atoms with Crippen LogP contribution in [0.4, 0.5) is 16.2 Å². The fourth-order valence-electron chi connectivity index (χ4n) is 1.62. The van der Waals surface area contributed by atoms with E-state index in [4.69, 9.17) is 17.3 Å². The quantitative estimate of drug-likeness (QED) is 0.811. The van der Waals surface area contributed by atoms with Crippen LogP contribution in [-0.4, -0.2) is 11.9 Å². The van der Waals surface area contributed by atoms with E-state index < -0.39 is 6.03 Å². The molecule has 5 nitrogen and oxygen atoms in total. The summed E-state index contributed by atoms with van der Waals surface area (Å²) in [6.07, 6.45) is 0. The molecular weight excluding hydrogens is 278 g/mol. The molecule has 0 saturated carbocycles. The second-order valence-electron chi connectivity index (χ2n) is 4.00. The Labute approximate surface area is 120 Å². The third-order valence-electron chi connectivity index (χ3n) is 2.53. The van der Waals surface area contributed by atoms with Crippen LogP contribution in [-0.2, 0) is 0 Å². The number of urea groups is 1. The topological polar surface area (TPSA) is 84.2 Å². The van der Waals surface area contributed by atoms with Gasteiger partial charge in [0.1, 0.15) is 0 Å². The molecule has 0 unspecified atom stereocenters. The van der Waals surface area contributed by atoms with Gasteiger partial charge in [0.2, 0.25) is 0 Å². The van der Waals surface area contributed by atoms with Gasteiger partial charge in [-0.2, -0.15) is 0 Å². The third kappa shape index (κ3) is 3.49. The first kappa shape index (κ1) is 13.9. The van der Waals surface area contributed by atoms with Crippen LogP contribution in [0.2, 0.25) is 5.02 Å². The number of carbonyl (C=O) groups excluding carboxylic acids is 2. The Bertz CT molecular complexity index is 641. The van der Waals surface area contributed by atoms with Crippen molar-refractivity contribution in [2.75, 3.05) is 10.6 Å². The fraction of sp³-hybridized carbons (Fsp3) is 0. The summed E-state index contributed by atoms with van der Waals surface area (Å²) in [5, 5.41) is 5.53. The zero-order chi connectivity index (χ0) is 14.5. The van der Waals surface area contributed by atoms with Crippen LogP contribution < -0.4 is 16.4 Å². The van der Waals surface area contributed by atoms with Gasteiger partial charge < -0.3 is 16.4 Å². The molecule has 0 spiro atoms. The van der Waals surface area contributed by atoms with Crippen LogP contribution in [0, 0.1) is 0 Å². The molecule has 0 bridgehead atoms. The maximum atomic E-state index is 12.0. The van der Waals surface area contributed by atoms with Crippen molar-refractivity contribution in [1.29, 1.82) is 0 Å². The molecule has 102 valence electrons. The Hall–Kier alpha value is -2.53. The summed E-state index contributed by atoms with van der Waals surface area (Å²) < 4.78 is 0. The van der Waals surface area contributed by atoms with Gasteiger partial charge in [0.15, 0.2) is 0 Å². The summed E-state index contributed by atoms with van der Waals surface area (Å²) >= 11 is 5.95. The van der Waals surface area contributed by atoms with Crippen molar-refractivity contribution in [3.8, 4) is 0 Å². The summed E-state index contributed by atoms with van der Waals surface area (Å²) in [4.78, 5) is 22.7. The molecule has 2 aromatic rings. The second-order valence-corrected chi connectivity index (χ2v) is 4.41. The number of benzene rings is 2. The lowest BCUT2D eigenvalue weighted by atomic mass is 10.2. The number of hydrogen-bond acceptors (Lipinski definition) is 2. The molecule has 2 rings (SSSR count). The Morgan fingerprint density at radius 3 is 2.00 bits per heavy atom. The molecule has 4 N–H and O–H groups in total.